The third-order valence-corrected chi connectivity index (χ3v) is 4.78. The number of hydrogen-bond acceptors (Lipinski definition) is 2. The van der Waals surface area contributed by atoms with Crippen molar-refractivity contribution in [3.8, 4) is 0 Å². The summed E-state index contributed by atoms with van der Waals surface area (Å²) in [7, 11) is 0. The fraction of sp³-hybridized carbons (Fsp3) is 0.350. The lowest BCUT2D eigenvalue weighted by Crippen LogP contribution is -2.38. The Labute approximate surface area is 150 Å². The fourth-order valence-electron chi connectivity index (χ4n) is 3.19. The predicted octanol–water partition coefficient (Wildman–Crippen LogP) is 4.12. The van der Waals surface area contributed by atoms with Crippen molar-refractivity contribution in [1.29, 1.82) is 0 Å². The number of nitrogens with zero attached hydrogens (tertiary/aromatic N) is 1. The number of nitrogens with one attached hydrogen (secondary N) is 2. The van der Waals surface area contributed by atoms with Gasteiger partial charge >= 0.3 is 0 Å². The zero-order valence-electron chi connectivity index (χ0n) is 14.2. The van der Waals surface area contributed by atoms with Crippen molar-refractivity contribution in [2.24, 2.45) is 0 Å². The monoisotopic (exact) mass is 339 g/mol. The Hall–Kier alpha value is -1.91. The second-order valence-electron chi connectivity index (χ2n) is 6.37. The molecule has 0 saturated carbocycles. The summed E-state index contributed by atoms with van der Waals surface area (Å²) in [6, 6.07) is 19.4. The molecule has 3 nitrogen and oxygen atoms in total. The van der Waals surface area contributed by atoms with Gasteiger partial charge in [0.1, 0.15) is 0 Å². The zero-order valence-corrected chi connectivity index (χ0v) is 15.0. The summed E-state index contributed by atoms with van der Waals surface area (Å²) in [4.78, 5) is 2.55. The molecule has 1 aliphatic heterocycles. The molecule has 2 aromatic carbocycles. The Bertz CT molecular complexity index is 648. The molecule has 0 bridgehead atoms. The molecule has 0 spiro atoms. The van der Waals surface area contributed by atoms with Crippen LogP contribution in [0.15, 0.2) is 54.6 Å². The molecule has 126 valence electrons. The van der Waals surface area contributed by atoms with Crippen LogP contribution in [0.1, 0.15) is 30.0 Å². The minimum Gasteiger partial charge on any atom is -0.361 e. The third kappa shape index (κ3) is 4.56. The molecular formula is C20H25N3S. The van der Waals surface area contributed by atoms with E-state index in [1.807, 2.05) is 0 Å². The first kappa shape index (κ1) is 16.9. The normalized spacial score (nSPS) is 15.9. The van der Waals surface area contributed by atoms with Crippen molar-refractivity contribution >= 4 is 23.0 Å². The number of likely N-dealkylation sites (tertiary alicyclic amines) is 1. The highest BCUT2D eigenvalue weighted by Gasteiger charge is 2.23. The molecular weight excluding hydrogens is 314 g/mol. The van der Waals surface area contributed by atoms with Crippen LogP contribution in [0.4, 0.5) is 5.69 Å². The van der Waals surface area contributed by atoms with E-state index in [1.165, 1.54) is 37.1 Å². The lowest BCUT2D eigenvalue weighted by atomic mass is 10.1. The van der Waals surface area contributed by atoms with Crippen LogP contribution < -0.4 is 10.6 Å². The Balaban J connectivity index is 1.60. The van der Waals surface area contributed by atoms with Gasteiger partial charge in [0.25, 0.3) is 0 Å². The highest BCUT2D eigenvalue weighted by molar-refractivity contribution is 7.80. The highest BCUT2D eigenvalue weighted by atomic mass is 32.1. The molecule has 0 unspecified atom stereocenters. The van der Waals surface area contributed by atoms with Gasteiger partial charge in [-0.2, -0.15) is 0 Å². The van der Waals surface area contributed by atoms with Gasteiger partial charge in [0.15, 0.2) is 5.11 Å². The van der Waals surface area contributed by atoms with Gasteiger partial charge in [0.05, 0.1) is 6.04 Å². The standard InChI is InChI=1S/C20H25N3S/c1-16-9-11-18(12-10-16)22-20(24)21-15-19(23-13-5-6-14-23)17-7-3-2-4-8-17/h2-4,7-12,19H,5-6,13-15H2,1H3,(H2,21,22,24)/t19-/m0/s1. The van der Waals surface area contributed by atoms with E-state index in [0.717, 1.165) is 12.2 Å². The SMILES string of the molecule is Cc1ccc(NC(=S)NC[C@@H](c2ccccc2)N2CCCC2)cc1. The van der Waals surface area contributed by atoms with E-state index in [0.29, 0.717) is 11.2 Å². The molecule has 0 aliphatic carbocycles. The molecule has 0 aromatic heterocycles. The van der Waals surface area contributed by atoms with Crippen LogP contribution >= 0.6 is 12.2 Å². The first-order valence-corrected chi connectivity index (χ1v) is 9.04. The fourth-order valence-corrected chi connectivity index (χ4v) is 3.39. The lowest BCUT2D eigenvalue weighted by molar-refractivity contribution is 0.246. The maximum absolute atomic E-state index is 5.47. The smallest absolute Gasteiger partial charge is 0.170 e. The van der Waals surface area contributed by atoms with E-state index in [1.54, 1.807) is 0 Å². The summed E-state index contributed by atoms with van der Waals surface area (Å²) >= 11 is 5.47. The summed E-state index contributed by atoms with van der Waals surface area (Å²) in [5.41, 5.74) is 3.62. The Kier molecular flexibility index (Phi) is 5.83. The first-order chi connectivity index (χ1) is 11.7. The van der Waals surface area contributed by atoms with E-state index >= 15 is 0 Å². The van der Waals surface area contributed by atoms with Crippen LogP contribution in [0.25, 0.3) is 0 Å². The summed E-state index contributed by atoms with van der Waals surface area (Å²) in [6.45, 7) is 5.24. The Morgan fingerprint density at radius 2 is 1.71 bits per heavy atom. The number of benzene rings is 2. The summed E-state index contributed by atoms with van der Waals surface area (Å²) in [5, 5.41) is 7.35. The topological polar surface area (TPSA) is 27.3 Å². The van der Waals surface area contributed by atoms with Crippen LogP contribution in [0.5, 0.6) is 0 Å². The van der Waals surface area contributed by atoms with E-state index in [2.05, 4.69) is 77.1 Å². The molecule has 1 aliphatic rings. The molecule has 2 aromatic rings. The average molecular weight is 340 g/mol. The van der Waals surface area contributed by atoms with Crippen LogP contribution in [-0.4, -0.2) is 29.6 Å². The Morgan fingerprint density at radius 3 is 2.38 bits per heavy atom. The van der Waals surface area contributed by atoms with Crippen molar-refractivity contribution in [3.63, 3.8) is 0 Å². The number of aryl methyl sites for hydroxylation is 1. The molecule has 1 saturated heterocycles. The van der Waals surface area contributed by atoms with Crippen LogP contribution in [-0.2, 0) is 0 Å². The minimum atomic E-state index is 0.367. The van der Waals surface area contributed by atoms with Gasteiger partial charge in [0.2, 0.25) is 0 Å². The minimum absolute atomic E-state index is 0.367. The summed E-state index contributed by atoms with van der Waals surface area (Å²) in [6.07, 6.45) is 2.57. The average Bonchev–Trinajstić information content (AvgIpc) is 3.12. The van der Waals surface area contributed by atoms with E-state index in [4.69, 9.17) is 12.2 Å². The number of hydrogen-bond donors (Lipinski definition) is 2. The van der Waals surface area contributed by atoms with E-state index < -0.39 is 0 Å². The Morgan fingerprint density at radius 1 is 1.04 bits per heavy atom. The highest BCUT2D eigenvalue weighted by Crippen LogP contribution is 2.24. The maximum Gasteiger partial charge on any atom is 0.170 e. The van der Waals surface area contributed by atoms with E-state index in [9.17, 15) is 0 Å². The molecule has 2 N–H and O–H groups in total. The zero-order chi connectivity index (χ0) is 16.8. The van der Waals surface area contributed by atoms with Crippen molar-refractivity contribution in [1.82, 2.24) is 10.2 Å². The van der Waals surface area contributed by atoms with Gasteiger partial charge in [0, 0.05) is 12.2 Å². The van der Waals surface area contributed by atoms with Gasteiger partial charge in [-0.05, 0) is 62.8 Å². The van der Waals surface area contributed by atoms with Gasteiger partial charge in [-0.1, -0.05) is 48.0 Å². The van der Waals surface area contributed by atoms with Crippen LogP contribution in [0, 0.1) is 6.92 Å². The molecule has 24 heavy (non-hydrogen) atoms. The molecule has 0 radical (unpaired) electrons. The molecule has 1 heterocycles. The van der Waals surface area contributed by atoms with E-state index in [-0.39, 0.29) is 0 Å². The maximum atomic E-state index is 5.47. The van der Waals surface area contributed by atoms with Gasteiger partial charge in [-0.15, -0.1) is 0 Å². The quantitative estimate of drug-likeness (QED) is 0.802. The molecule has 4 heteroatoms. The largest absolute Gasteiger partial charge is 0.361 e. The summed E-state index contributed by atoms with van der Waals surface area (Å²) in [5.74, 6) is 0. The van der Waals surface area contributed by atoms with Crippen molar-refractivity contribution in [3.05, 3.63) is 65.7 Å². The summed E-state index contributed by atoms with van der Waals surface area (Å²) < 4.78 is 0. The molecule has 0 amide bonds. The van der Waals surface area contributed by atoms with Crippen LogP contribution in [0.2, 0.25) is 0 Å². The predicted molar refractivity (Wildman–Crippen MR) is 105 cm³/mol. The number of rotatable bonds is 5. The molecule has 1 atom stereocenters. The first-order valence-electron chi connectivity index (χ1n) is 8.63. The van der Waals surface area contributed by atoms with Crippen LogP contribution in [0.3, 0.4) is 0 Å². The van der Waals surface area contributed by atoms with Gasteiger partial charge < -0.3 is 10.6 Å². The van der Waals surface area contributed by atoms with Gasteiger partial charge in [-0.25, -0.2) is 0 Å². The second-order valence-corrected chi connectivity index (χ2v) is 6.78. The number of thiocarbonyl (C=S) groups is 1. The van der Waals surface area contributed by atoms with Crippen molar-refractivity contribution < 1.29 is 0 Å². The van der Waals surface area contributed by atoms with Gasteiger partial charge in [-0.3, -0.25) is 4.90 Å². The third-order valence-electron chi connectivity index (χ3n) is 4.53. The number of anilines is 1. The molecule has 3 rings (SSSR count). The second kappa shape index (κ2) is 8.27. The molecule has 1 fully saturated rings. The van der Waals surface area contributed by atoms with Crippen molar-refractivity contribution in [2.45, 2.75) is 25.8 Å². The van der Waals surface area contributed by atoms with Crippen molar-refractivity contribution in [2.75, 3.05) is 25.0 Å². The lowest BCUT2D eigenvalue weighted by Gasteiger charge is -2.28.